The van der Waals surface area contributed by atoms with Crippen LogP contribution in [0, 0.1) is 0 Å². The number of benzene rings is 3. The molecule has 1 amide bonds. The van der Waals surface area contributed by atoms with Crippen molar-refractivity contribution in [2.24, 2.45) is 0 Å². The number of rotatable bonds is 8. The molecular formula is C29H33N3O3. The first-order chi connectivity index (χ1) is 17.2. The molecule has 0 radical (unpaired) electrons. The van der Waals surface area contributed by atoms with E-state index in [2.05, 4.69) is 64.9 Å². The lowest BCUT2D eigenvalue weighted by atomic mass is 9.99. The Labute approximate surface area is 207 Å². The highest BCUT2D eigenvalue weighted by molar-refractivity contribution is 5.94. The van der Waals surface area contributed by atoms with Crippen molar-refractivity contribution in [3.63, 3.8) is 0 Å². The normalized spacial score (nSPS) is 16.2. The van der Waals surface area contributed by atoms with Gasteiger partial charge in [0.25, 0.3) is 5.91 Å². The molecule has 0 spiro atoms. The molecule has 35 heavy (non-hydrogen) atoms. The van der Waals surface area contributed by atoms with Crippen LogP contribution in [0.2, 0.25) is 0 Å². The van der Waals surface area contributed by atoms with Gasteiger partial charge in [0.1, 0.15) is 0 Å². The molecule has 2 heterocycles. The summed E-state index contributed by atoms with van der Waals surface area (Å²) in [5.41, 5.74) is 4.21. The monoisotopic (exact) mass is 471 g/mol. The van der Waals surface area contributed by atoms with Crippen molar-refractivity contribution in [3.8, 4) is 11.5 Å². The van der Waals surface area contributed by atoms with E-state index in [1.165, 1.54) is 11.3 Å². The van der Waals surface area contributed by atoms with Crippen LogP contribution in [0.15, 0.2) is 72.8 Å². The number of ether oxygens (including phenoxy) is 2. The van der Waals surface area contributed by atoms with Gasteiger partial charge < -0.3 is 25.0 Å². The third-order valence-electron chi connectivity index (χ3n) is 6.96. The Bertz CT molecular complexity index is 1130. The lowest BCUT2D eigenvalue weighted by Crippen LogP contribution is -2.43. The zero-order chi connectivity index (χ0) is 24.0. The number of nitrogens with one attached hydrogen (secondary N) is 2. The van der Waals surface area contributed by atoms with E-state index >= 15 is 0 Å². The van der Waals surface area contributed by atoms with Crippen molar-refractivity contribution < 1.29 is 14.3 Å². The zero-order valence-corrected chi connectivity index (χ0v) is 20.2. The average molecular weight is 472 g/mol. The SMILES string of the molecule is C[C@H](CNC1CCN(c2ccc(C(=O)NCc3ccc4c(c3)OCO4)cc2)CC1)c1ccccc1. The summed E-state index contributed by atoms with van der Waals surface area (Å²) < 4.78 is 10.7. The largest absolute Gasteiger partial charge is 0.454 e. The summed E-state index contributed by atoms with van der Waals surface area (Å²) in [6.45, 7) is 6.02. The molecule has 0 aliphatic carbocycles. The summed E-state index contributed by atoms with van der Waals surface area (Å²) in [5.74, 6) is 1.91. The molecule has 0 bridgehead atoms. The van der Waals surface area contributed by atoms with Gasteiger partial charge in [-0.2, -0.15) is 0 Å². The fraction of sp³-hybridized carbons (Fsp3) is 0.345. The number of hydrogen-bond acceptors (Lipinski definition) is 5. The second-order valence-corrected chi connectivity index (χ2v) is 9.40. The molecule has 5 rings (SSSR count). The fourth-order valence-corrected chi connectivity index (χ4v) is 4.74. The smallest absolute Gasteiger partial charge is 0.251 e. The number of anilines is 1. The highest BCUT2D eigenvalue weighted by Crippen LogP contribution is 2.32. The van der Waals surface area contributed by atoms with Gasteiger partial charge in [0, 0.05) is 43.5 Å². The Hall–Kier alpha value is -3.51. The first-order valence-corrected chi connectivity index (χ1v) is 12.5. The van der Waals surface area contributed by atoms with E-state index in [9.17, 15) is 4.79 Å². The Morgan fingerprint density at radius 2 is 1.71 bits per heavy atom. The quantitative estimate of drug-likeness (QED) is 0.498. The standard InChI is InChI=1S/C29H33N3O3/c1-21(23-5-3-2-4-6-23)18-30-25-13-15-32(16-14-25)26-10-8-24(9-11-26)29(33)31-19-22-7-12-27-28(17-22)35-20-34-27/h2-12,17,21,25,30H,13-16,18-20H2,1H3,(H,31,33)/t21-/m1/s1. The average Bonchev–Trinajstić information content (AvgIpc) is 3.39. The Morgan fingerprint density at radius 3 is 2.49 bits per heavy atom. The van der Waals surface area contributed by atoms with Crippen molar-refractivity contribution >= 4 is 11.6 Å². The van der Waals surface area contributed by atoms with E-state index in [4.69, 9.17) is 9.47 Å². The van der Waals surface area contributed by atoms with Crippen molar-refractivity contribution in [2.75, 3.05) is 31.3 Å². The molecule has 1 atom stereocenters. The van der Waals surface area contributed by atoms with Crippen LogP contribution in [0.25, 0.3) is 0 Å². The van der Waals surface area contributed by atoms with Crippen LogP contribution in [0.4, 0.5) is 5.69 Å². The van der Waals surface area contributed by atoms with Gasteiger partial charge in [-0.25, -0.2) is 0 Å². The minimum atomic E-state index is -0.0790. The van der Waals surface area contributed by atoms with Crippen molar-refractivity contribution in [1.29, 1.82) is 0 Å². The Kier molecular flexibility index (Phi) is 7.19. The lowest BCUT2D eigenvalue weighted by Gasteiger charge is -2.34. The molecule has 2 aliphatic rings. The minimum absolute atomic E-state index is 0.0790. The molecule has 2 N–H and O–H groups in total. The molecule has 2 aliphatic heterocycles. The van der Waals surface area contributed by atoms with E-state index in [0.29, 0.717) is 24.1 Å². The number of piperidine rings is 1. The molecule has 3 aromatic rings. The van der Waals surface area contributed by atoms with Gasteiger partial charge in [-0.15, -0.1) is 0 Å². The van der Waals surface area contributed by atoms with Crippen LogP contribution in [0.1, 0.15) is 47.2 Å². The number of nitrogens with zero attached hydrogens (tertiary/aromatic N) is 1. The van der Waals surface area contributed by atoms with E-state index in [1.807, 2.05) is 30.3 Å². The lowest BCUT2D eigenvalue weighted by molar-refractivity contribution is 0.0951. The van der Waals surface area contributed by atoms with Gasteiger partial charge in [0.05, 0.1) is 0 Å². The maximum atomic E-state index is 12.6. The van der Waals surface area contributed by atoms with Crippen molar-refractivity contribution in [1.82, 2.24) is 10.6 Å². The second-order valence-electron chi connectivity index (χ2n) is 9.40. The van der Waals surface area contributed by atoms with E-state index in [1.54, 1.807) is 0 Å². The minimum Gasteiger partial charge on any atom is -0.454 e. The van der Waals surface area contributed by atoms with Crippen LogP contribution in [0.3, 0.4) is 0 Å². The van der Waals surface area contributed by atoms with E-state index in [0.717, 1.165) is 49.5 Å². The van der Waals surface area contributed by atoms with E-state index < -0.39 is 0 Å². The Balaban J connectivity index is 1.07. The number of carbonyl (C=O) groups is 1. The summed E-state index contributed by atoms with van der Waals surface area (Å²) >= 11 is 0. The maximum Gasteiger partial charge on any atom is 0.251 e. The van der Waals surface area contributed by atoms with Crippen LogP contribution in [0.5, 0.6) is 11.5 Å². The highest BCUT2D eigenvalue weighted by Gasteiger charge is 2.20. The number of hydrogen-bond donors (Lipinski definition) is 2. The number of amides is 1. The summed E-state index contributed by atoms with van der Waals surface area (Å²) in [5, 5.41) is 6.75. The molecule has 1 saturated heterocycles. The maximum absolute atomic E-state index is 12.6. The molecular weight excluding hydrogens is 438 g/mol. The number of fused-ring (bicyclic) bond motifs is 1. The summed E-state index contributed by atoms with van der Waals surface area (Å²) in [4.78, 5) is 15.0. The second kappa shape index (κ2) is 10.8. The molecule has 0 saturated carbocycles. The first-order valence-electron chi connectivity index (χ1n) is 12.5. The molecule has 3 aromatic carbocycles. The summed E-state index contributed by atoms with van der Waals surface area (Å²) in [6.07, 6.45) is 2.25. The van der Waals surface area contributed by atoms with Gasteiger partial charge in [-0.05, 0) is 66.3 Å². The first kappa shape index (κ1) is 23.2. The highest BCUT2D eigenvalue weighted by atomic mass is 16.7. The van der Waals surface area contributed by atoms with Gasteiger partial charge in [-0.1, -0.05) is 43.3 Å². The molecule has 6 nitrogen and oxygen atoms in total. The van der Waals surface area contributed by atoms with Crippen LogP contribution >= 0.6 is 0 Å². The van der Waals surface area contributed by atoms with Gasteiger partial charge >= 0.3 is 0 Å². The van der Waals surface area contributed by atoms with E-state index in [-0.39, 0.29) is 12.7 Å². The predicted molar refractivity (Wildman–Crippen MR) is 138 cm³/mol. The topological polar surface area (TPSA) is 62.8 Å². The summed E-state index contributed by atoms with van der Waals surface area (Å²) in [7, 11) is 0. The van der Waals surface area contributed by atoms with Gasteiger partial charge in [-0.3, -0.25) is 4.79 Å². The molecule has 1 fully saturated rings. The Morgan fingerprint density at radius 1 is 0.971 bits per heavy atom. The molecule has 0 unspecified atom stereocenters. The van der Waals surface area contributed by atoms with Gasteiger partial charge in [0.2, 0.25) is 6.79 Å². The third kappa shape index (κ3) is 5.77. The van der Waals surface area contributed by atoms with Gasteiger partial charge in [0.15, 0.2) is 11.5 Å². The summed E-state index contributed by atoms with van der Waals surface area (Å²) in [6, 6.07) is 24.9. The molecule has 0 aromatic heterocycles. The molecule has 6 heteroatoms. The van der Waals surface area contributed by atoms with Crippen molar-refractivity contribution in [3.05, 3.63) is 89.5 Å². The van der Waals surface area contributed by atoms with Crippen LogP contribution in [-0.4, -0.2) is 38.4 Å². The van der Waals surface area contributed by atoms with Crippen LogP contribution in [-0.2, 0) is 6.54 Å². The fourth-order valence-electron chi connectivity index (χ4n) is 4.74. The zero-order valence-electron chi connectivity index (χ0n) is 20.2. The third-order valence-corrected chi connectivity index (χ3v) is 6.96. The van der Waals surface area contributed by atoms with Crippen LogP contribution < -0.4 is 25.0 Å². The number of carbonyl (C=O) groups excluding carboxylic acids is 1. The molecule has 182 valence electrons. The predicted octanol–water partition coefficient (Wildman–Crippen LogP) is 4.71. The van der Waals surface area contributed by atoms with Crippen molar-refractivity contribution in [2.45, 2.75) is 38.3 Å².